The van der Waals surface area contributed by atoms with Gasteiger partial charge in [0.25, 0.3) is 0 Å². The Morgan fingerprint density at radius 3 is 3.12 bits per heavy atom. The summed E-state index contributed by atoms with van der Waals surface area (Å²) in [4.78, 5) is 10.4. The minimum absolute atomic E-state index is 0.0748. The molecule has 1 aliphatic heterocycles. The van der Waals surface area contributed by atoms with Crippen LogP contribution >= 0.6 is 0 Å². The van der Waals surface area contributed by atoms with Gasteiger partial charge in [-0.2, -0.15) is 0 Å². The molecule has 1 saturated heterocycles. The highest BCUT2D eigenvalue weighted by atomic mass is 16.5. The number of aromatic nitrogens is 2. The molecule has 1 aromatic rings. The average Bonchev–Trinajstić information content (AvgIpc) is 2.82. The van der Waals surface area contributed by atoms with Crippen LogP contribution in [-0.2, 0) is 11.3 Å². The summed E-state index contributed by atoms with van der Waals surface area (Å²) in [7, 11) is 1.97. The second-order valence-corrected chi connectivity index (χ2v) is 4.04. The molecule has 1 aliphatic rings. The Balaban J connectivity index is 1.98. The van der Waals surface area contributed by atoms with Gasteiger partial charge in [-0.15, -0.1) is 0 Å². The van der Waals surface area contributed by atoms with Crippen molar-refractivity contribution in [2.24, 2.45) is 0 Å². The molecule has 1 fully saturated rings. The van der Waals surface area contributed by atoms with Crippen LogP contribution in [0.5, 0.6) is 0 Å². The van der Waals surface area contributed by atoms with E-state index in [9.17, 15) is 0 Å². The molecule has 1 atom stereocenters. The first-order chi connectivity index (χ1) is 7.79. The zero-order valence-corrected chi connectivity index (χ0v) is 9.46. The van der Waals surface area contributed by atoms with E-state index in [0.29, 0.717) is 11.8 Å². The molecule has 0 saturated carbocycles. The van der Waals surface area contributed by atoms with Crippen LogP contribution in [0.2, 0.25) is 0 Å². The Morgan fingerprint density at radius 1 is 1.56 bits per heavy atom. The fraction of sp³-hybridized carbons (Fsp3) is 0.636. The summed E-state index contributed by atoms with van der Waals surface area (Å²) in [6.45, 7) is 1.61. The molecule has 5 heteroatoms. The predicted octanol–water partition coefficient (Wildman–Crippen LogP) is 0.584. The van der Waals surface area contributed by atoms with E-state index < -0.39 is 0 Å². The van der Waals surface area contributed by atoms with Gasteiger partial charge >= 0.3 is 0 Å². The monoisotopic (exact) mass is 223 g/mol. The number of aliphatic hydroxyl groups is 1. The molecule has 0 spiro atoms. The highest BCUT2D eigenvalue weighted by Crippen LogP contribution is 2.15. The van der Waals surface area contributed by atoms with Crippen molar-refractivity contribution in [2.75, 3.05) is 25.1 Å². The van der Waals surface area contributed by atoms with Crippen molar-refractivity contribution in [2.45, 2.75) is 25.6 Å². The van der Waals surface area contributed by atoms with Gasteiger partial charge in [0.2, 0.25) is 0 Å². The first-order valence-electron chi connectivity index (χ1n) is 5.54. The maximum atomic E-state index is 8.98. The third-order valence-electron chi connectivity index (χ3n) is 2.73. The fourth-order valence-corrected chi connectivity index (χ4v) is 1.84. The number of rotatable bonds is 4. The molecule has 0 amide bonds. The lowest BCUT2D eigenvalue weighted by Crippen LogP contribution is -2.29. The van der Waals surface area contributed by atoms with Crippen molar-refractivity contribution in [3.63, 3.8) is 0 Å². The number of aliphatic hydroxyl groups excluding tert-OH is 1. The van der Waals surface area contributed by atoms with Gasteiger partial charge in [-0.1, -0.05) is 0 Å². The molecule has 0 bridgehead atoms. The normalized spacial score (nSPS) is 20.0. The van der Waals surface area contributed by atoms with Gasteiger partial charge in [0, 0.05) is 20.2 Å². The molecule has 0 radical (unpaired) electrons. The number of ether oxygens (including phenoxy) is 1. The van der Waals surface area contributed by atoms with Gasteiger partial charge in [0.1, 0.15) is 5.82 Å². The van der Waals surface area contributed by atoms with Gasteiger partial charge in [-0.3, -0.25) is 4.98 Å². The lowest BCUT2D eigenvalue weighted by molar-refractivity contribution is 0.116. The van der Waals surface area contributed by atoms with Crippen LogP contribution in [-0.4, -0.2) is 41.4 Å². The Morgan fingerprint density at radius 2 is 2.44 bits per heavy atom. The molecule has 16 heavy (non-hydrogen) atoms. The maximum Gasteiger partial charge on any atom is 0.147 e. The smallest absolute Gasteiger partial charge is 0.147 e. The van der Waals surface area contributed by atoms with Crippen LogP contribution in [0, 0.1) is 0 Å². The van der Waals surface area contributed by atoms with Crippen LogP contribution < -0.4 is 4.90 Å². The number of hydrogen-bond donors (Lipinski definition) is 1. The summed E-state index contributed by atoms with van der Waals surface area (Å²) in [6.07, 6.45) is 5.82. The summed E-state index contributed by atoms with van der Waals surface area (Å²) >= 11 is 0. The van der Waals surface area contributed by atoms with E-state index in [1.807, 2.05) is 11.9 Å². The molecule has 1 N–H and O–H groups in total. The molecule has 1 aromatic heterocycles. The Bertz CT molecular complexity index is 340. The molecule has 88 valence electrons. The average molecular weight is 223 g/mol. The standard InChI is InChI=1S/C11H17N3O2/c1-14(7-10-3-2-4-16-10)11-6-12-5-9(8-15)13-11/h5-6,10,15H,2-4,7-8H2,1H3. The predicted molar refractivity (Wildman–Crippen MR) is 60.2 cm³/mol. The van der Waals surface area contributed by atoms with Gasteiger partial charge in [-0.25, -0.2) is 4.98 Å². The molecule has 0 aromatic carbocycles. The molecule has 0 aliphatic carbocycles. The topological polar surface area (TPSA) is 58.5 Å². The van der Waals surface area contributed by atoms with Crippen molar-refractivity contribution in [3.8, 4) is 0 Å². The van der Waals surface area contributed by atoms with Crippen molar-refractivity contribution < 1.29 is 9.84 Å². The fourth-order valence-electron chi connectivity index (χ4n) is 1.84. The van der Waals surface area contributed by atoms with Gasteiger partial charge < -0.3 is 14.7 Å². The van der Waals surface area contributed by atoms with Crippen LogP contribution in [0.4, 0.5) is 5.82 Å². The van der Waals surface area contributed by atoms with E-state index in [1.165, 1.54) is 0 Å². The molecule has 5 nitrogen and oxygen atoms in total. The van der Waals surface area contributed by atoms with E-state index in [2.05, 4.69) is 9.97 Å². The third kappa shape index (κ3) is 2.68. The zero-order chi connectivity index (χ0) is 11.4. The molecule has 2 heterocycles. The van der Waals surface area contributed by atoms with Crippen LogP contribution in [0.1, 0.15) is 18.5 Å². The van der Waals surface area contributed by atoms with Crippen molar-refractivity contribution in [3.05, 3.63) is 18.1 Å². The Kier molecular flexibility index (Phi) is 3.69. The summed E-state index contributed by atoms with van der Waals surface area (Å²) in [6, 6.07) is 0. The summed E-state index contributed by atoms with van der Waals surface area (Å²) in [5.41, 5.74) is 0.594. The zero-order valence-electron chi connectivity index (χ0n) is 9.46. The van der Waals surface area contributed by atoms with Gasteiger partial charge in [-0.05, 0) is 12.8 Å². The van der Waals surface area contributed by atoms with E-state index in [-0.39, 0.29) is 6.61 Å². The van der Waals surface area contributed by atoms with Crippen LogP contribution in [0.15, 0.2) is 12.4 Å². The molecular formula is C11H17N3O2. The summed E-state index contributed by atoms with van der Waals surface area (Å²) < 4.78 is 5.56. The van der Waals surface area contributed by atoms with Gasteiger partial charge in [0.15, 0.2) is 0 Å². The first-order valence-corrected chi connectivity index (χ1v) is 5.54. The van der Waals surface area contributed by atoms with E-state index >= 15 is 0 Å². The number of hydrogen-bond acceptors (Lipinski definition) is 5. The molecular weight excluding hydrogens is 206 g/mol. The molecule has 2 rings (SSSR count). The van der Waals surface area contributed by atoms with Crippen molar-refractivity contribution in [1.29, 1.82) is 0 Å². The number of anilines is 1. The number of likely N-dealkylation sites (N-methyl/N-ethyl adjacent to an activating group) is 1. The minimum Gasteiger partial charge on any atom is -0.390 e. The second kappa shape index (κ2) is 5.23. The summed E-state index contributed by atoms with van der Waals surface area (Å²) in [5.74, 6) is 0.780. The van der Waals surface area contributed by atoms with Crippen LogP contribution in [0.25, 0.3) is 0 Å². The highest BCUT2D eigenvalue weighted by molar-refractivity contribution is 5.35. The SMILES string of the molecule is CN(CC1CCCO1)c1cncc(CO)n1. The Labute approximate surface area is 95.1 Å². The van der Waals surface area contributed by atoms with E-state index in [1.54, 1.807) is 12.4 Å². The van der Waals surface area contributed by atoms with E-state index in [4.69, 9.17) is 9.84 Å². The summed E-state index contributed by atoms with van der Waals surface area (Å²) in [5, 5.41) is 8.98. The first kappa shape index (κ1) is 11.3. The number of nitrogens with zero attached hydrogens (tertiary/aromatic N) is 3. The Hall–Kier alpha value is -1.20. The second-order valence-electron chi connectivity index (χ2n) is 4.04. The van der Waals surface area contributed by atoms with Crippen molar-refractivity contribution >= 4 is 5.82 Å². The third-order valence-corrected chi connectivity index (χ3v) is 2.73. The molecule has 1 unspecified atom stereocenters. The minimum atomic E-state index is -0.0748. The van der Waals surface area contributed by atoms with Crippen molar-refractivity contribution in [1.82, 2.24) is 9.97 Å². The maximum absolute atomic E-state index is 8.98. The van der Waals surface area contributed by atoms with Crippen LogP contribution in [0.3, 0.4) is 0 Å². The lowest BCUT2D eigenvalue weighted by Gasteiger charge is -2.21. The van der Waals surface area contributed by atoms with E-state index in [0.717, 1.165) is 31.8 Å². The highest BCUT2D eigenvalue weighted by Gasteiger charge is 2.18. The largest absolute Gasteiger partial charge is 0.390 e. The quantitative estimate of drug-likeness (QED) is 0.809. The lowest BCUT2D eigenvalue weighted by atomic mass is 10.2. The van der Waals surface area contributed by atoms with Gasteiger partial charge in [0.05, 0.1) is 30.8 Å².